The topological polar surface area (TPSA) is 102 Å². The maximum absolute atomic E-state index is 13.7. The van der Waals surface area contributed by atoms with Crippen molar-refractivity contribution < 1.29 is 23.8 Å². The molecule has 0 aromatic heterocycles. The van der Waals surface area contributed by atoms with Crippen LogP contribution in [0.4, 0.5) is 14.9 Å². The van der Waals surface area contributed by atoms with Gasteiger partial charge >= 0.3 is 12.1 Å². The van der Waals surface area contributed by atoms with Crippen molar-refractivity contribution in [3.8, 4) is 0 Å². The van der Waals surface area contributed by atoms with Gasteiger partial charge in [-0.2, -0.15) is 0 Å². The van der Waals surface area contributed by atoms with Crippen molar-refractivity contribution in [2.24, 2.45) is 5.73 Å². The second kappa shape index (κ2) is 6.53. The number of hydrogen-bond donors (Lipinski definition) is 3. The van der Waals surface area contributed by atoms with E-state index in [0.717, 1.165) is 6.07 Å². The van der Waals surface area contributed by atoms with E-state index in [1.807, 2.05) is 0 Å². The molecule has 1 aromatic carbocycles. The molecule has 1 rings (SSSR count). The van der Waals surface area contributed by atoms with Crippen molar-refractivity contribution in [1.82, 2.24) is 0 Å². The van der Waals surface area contributed by atoms with Crippen LogP contribution in [0, 0.1) is 5.82 Å². The molecule has 0 aliphatic rings. The van der Waals surface area contributed by atoms with E-state index in [2.05, 4.69) is 5.32 Å². The number of carboxylic acids is 1. The molecule has 4 N–H and O–H groups in total. The summed E-state index contributed by atoms with van der Waals surface area (Å²) in [4.78, 5) is 22.2. The third kappa shape index (κ3) is 5.78. The van der Waals surface area contributed by atoms with Crippen LogP contribution in [0.5, 0.6) is 0 Å². The number of carboxylic acid groups (broad SMARTS) is 1. The van der Waals surface area contributed by atoms with Gasteiger partial charge < -0.3 is 15.6 Å². The van der Waals surface area contributed by atoms with E-state index in [4.69, 9.17) is 15.6 Å². The van der Waals surface area contributed by atoms with Gasteiger partial charge in [0.25, 0.3) is 0 Å². The van der Waals surface area contributed by atoms with Gasteiger partial charge in [-0.3, -0.25) is 10.1 Å². The van der Waals surface area contributed by atoms with Gasteiger partial charge in [-0.15, -0.1) is 0 Å². The Morgan fingerprint density at radius 1 is 1.43 bits per heavy atom. The van der Waals surface area contributed by atoms with Crippen LogP contribution in [0.3, 0.4) is 0 Å². The zero-order valence-corrected chi connectivity index (χ0v) is 12.1. The zero-order chi connectivity index (χ0) is 16.2. The van der Waals surface area contributed by atoms with Gasteiger partial charge in [-0.25, -0.2) is 9.18 Å². The molecule has 0 aliphatic heterocycles. The summed E-state index contributed by atoms with van der Waals surface area (Å²) in [7, 11) is 0. The van der Waals surface area contributed by atoms with Gasteiger partial charge in [-0.1, -0.05) is 0 Å². The Balaban J connectivity index is 2.86. The van der Waals surface area contributed by atoms with E-state index >= 15 is 0 Å². The molecular weight excluding hydrogens is 279 g/mol. The van der Waals surface area contributed by atoms with Crippen molar-refractivity contribution in [3.05, 3.63) is 29.6 Å². The number of ether oxygens (including phenoxy) is 1. The summed E-state index contributed by atoms with van der Waals surface area (Å²) in [6, 6.07) is 2.76. The first kappa shape index (κ1) is 16.9. The molecular formula is C14H19FN2O4. The van der Waals surface area contributed by atoms with Crippen LogP contribution < -0.4 is 11.1 Å². The third-order valence-corrected chi connectivity index (χ3v) is 2.44. The second-order valence-corrected chi connectivity index (χ2v) is 5.57. The van der Waals surface area contributed by atoms with Gasteiger partial charge in [0.15, 0.2) is 0 Å². The van der Waals surface area contributed by atoms with Crippen molar-refractivity contribution in [2.75, 3.05) is 5.32 Å². The standard InChI is InChI=1S/C14H19FN2O4/c1-14(2,3)21-13(20)17-8-4-5-10(15)9(6-8)11(16)7-12(18)19/h4-6,11H,7,16H2,1-3H3,(H,17,20)(H,18,19). The molecule has 0 aliphatic carbocycles. The quantitative estimate of drug-likeness (QED) is 0.793. The lowest BCUT2D eigenvalue weighted by Crippen LogP contribution is -2.27. The molecule has 0 heterocycles. The number of anilines is 1. The minimum Gasteiger partial charge on any atom is -0.481 e. The Morgan fingerprint density at radius 2 is 2.05 bits per heavy atom. The van der Waals surface area contributed by atoms with Crippen LogP contribution in [0.25, 0.3) is 0 Å². The lowest BCUT2D eigenvalue weighted by molar-refractivity contribution is -0.137. The largest absolute Gasteiger partial charge is 0.481 e. The predicted molar refractivity (Wildman–Crippen MR) is 75.4 cm³/mol. The molecule has 116 valence electrons. The first-order valence-corrected chi connectivity index (χ1v) is 6.35. The molecule has 7 heteroatoms. The number of nitrogens with one attached hydrogen (secondary N) is 1. The maximum Gasteiger partial charge on any atom is 0.412 e. The predicted octanol–water partition coefficient (Wildman–Crippen LogP) is 2.65. The van der Waals surface area contributed by atoms with Crippen LogP contribution >= 0.6 is 0 Å². The summed E-state index contributed by atoms with van der Waals surface area (Å²) < 4.78 is 18.7. The van der Waals surface area contributed by atoms with Crippen molar-refractivity contribution in [1.29, 1.82) is 0 Å². The molecule has 0 spiro atoms. The smallest absolute Gasteiger partial charge is 0.412 e. The molecule has 0 radical (unpaired) electrons. The summed E-state index contributed by atoms with van der Waals surface area (Å²) in [6.07, 6.45) is -1.10. The fraction of sp³-hybridized carbons (Fsp3) is 0.429. The molecule has 1 atom stereocenters. The molecule has 21 heavy (non-hydrogen) atoms. The van der Waals surface area contributed by atoms with Crippen LogP contribution in [-0.4, -0.2) is 22.8 Å². The summed E-state index contributed by atoms with van der Waals surface area (Å²) in [6.45, 7) is 5.14. The Kier molecular flexibility index (Phi) is 5.26. The lowest BCUT2D eigenvalue weighted by Gasteiger charge is -2.20. The third-order valence-electron chi connectivity index (χ3n) is 2.44. The second-order valence-electron chi connectivity index (χ2n) is 5.57. The lowest BCUT2D eigenvalue weighted by atomic mass is 10.0. The number of carbonyl (C=O) groups excluding carboxylic acids is 1. The fourth-order valence-corrected chi connectivity index (χ4v) is 1.63. The highest BCUT2D eigenvalue weighted by Gasteiger charge is 2.18. The number of nitrogens with two attached hydrogens (primary N) is 1. The van der Waals surface area contributed by atoms with E-state index in [-0.39, 0.29) is 11.3 Å². The number of carbonyl (C=O) groups is 2. The van der Waals surface area contributed by atoms with E-state index in [9.17, 15) is 14.0 Å². The van der Waals surface area contributed by atoms with Gasteiger partial charge in [0.2, 0.25) is 0 Å². The SMILES string of the molecule is CC(C)(C)OC(=O)Nc1ccc(F)c(C(N)CC(=O)O)c1. The fourth-order valence-electron chi connectivity index (χ4n) is 1.63. The van der Waals surface area contributed by atoms with E-state index in [1.54, 1.807) is 20.8 Å². The average molecular weight is 298 g/mol. The van der Waals surface area contributed by atoms with Gasteiger partial charge in [-0.05, 0) is 39.0 Å². The Bertz CT molecular complexity index is 540. The van der Waals surface area contributed by atoms with Crippen LogP contribution in [0.1, 0.15) is 38.8 Å². The summed E-state index contributed by atoms with van der Waals surface area (Å²) in [5, 5.41) is 11.1. The number of hydrogen-bond acceptors (Lipinski definition) is 4. The summed E-state index contributed by atoms with van der Waals surface area (Å²) in [5.41, 5.74) is 5.27. The molecule has 1 aromatic rings. The number of benzene rings is 1. The average Bonchev–Trinajstić information content (AvgIpc) is 2.28. The highest BCUT2D eigenvalue weighted by molar-refractivity contribution is 5.85. The Labute approximate surface area is 122 Å². The van der Waals surface area contributed by atoms with Crippen molar-refractivity contribution >= 4 is 17.7 Å². The van der Waals surface area contributed by atoms with Gasteiger partial charge in [0.05, 0.1) is 6.42 Å². The molecule has 0 fully saturated rings. The van der Waals surface area contributed by atoms with Gasteiger partial charge in [0, 0.05) is 17.3 Å². The van der Waals surface area contributed by atoms with Crippen LogP contribution in [0.15, 0.2) is 18.2 Å². The molecule has 0 saturated heterocycles. The number of rotatable bonds is 4. The highest BCUT2D eigenvalue weighted by atomic mass is 19.1. The van der Waals surface area contributed by atoms with Gasteiger partial charge in [0.1, 0.15) is 11.4 Å². The normalized spacial score (nSPS) is 12.6. The maximum atomic E-state index is 13.7. The Morgan fingerprint density at radius 3 is 2.57 bits per heavy atom. The van der Waals surface area contributed by atoms with Crippen LogP contribution in [0.2, 0.25) is 0 Å². The molecule has 6 nitrogen and oxygen atoms in total. The Hall–Kier alpha value is -2.15. The summed E-state index contributed by atoms with van der Waals surface area (Å²) in [5.74, 6) is -1.76. The van der Waals surface area contributed by atoms with E-state index in [0.29, 0.717) is 0 Å². The minimum atomic E-state index is -1.13. The number of halogens is 1. The van der Waals surface area contributed by atoms with Crippen molar-refractivity contribution in [2.45, 2.75) is 38.8 Å². The summed E-state index contributed by atoms with van der Waals surface area (Å²) >= 11 is 0. The van der Waals surface area contributed by atoms with Crippen molar-refractivity contribution in [3.63, 3.8) is 0 Å². The molecule has 1 unspecified atom stereocenters. The van der Waals surface area contributed by atoms with Crippen LogP contribution in [-0.2, 0) is 9.53 Å². The first-order valence-electron chi connectivity index (χ1n) is 6.35. The number of amides is 1. The highest BCUT2D eigenvalue weighted by Crippen LogP contribution is 2.22. The van der Waals surface area contributed by atoms with E-state index in [1.165, 1.54) is 12.1 Å². The molecule has 0 saturated carbocycles. The minimum absolute atomic E-state index is 0.0194. The monoisotopic (exact) mass is 298 g/mol. The number of aliphatic carboxylic acids is 1. The molecule has 0 bridgehead atoms. The van der Waals surface area contributed by atoms with E-state index < -0.39 is 35.9 Å². The zero-order valence-electron chi connectivity index (χ0n) is 12.1. The molecule has 1 amide bonds. The first-order chi connectivity index (χ1) is 9.58.